The van der Waals surface area contributed by atoms with Crippen molar-refractivity contribution in [1.82, 2.24) is 9.29 Å². The molecule has 0 radical (unpaired) electrons. The summed E-state index contributed by atoms with van der Waals surface area (Å²) >= 11 is 5.84. The Bertz CT molecular complexity index is 496. The van der Waals surface area contributed by atoms with Crippen LogP contribution in [0.25, 0.3) is 0 Å². The van der Waals surface area contributed by atoms with Crippen LogP contribution in [0.3, 0.4) is 0 Å². The highest BCUT2D eigenvalue weighted by Crippen LogP contribution is 2.26. The Morgan fingerprint density at radius 3 is 2.65 bits per heavy atom. The molecule has 2 heterocycles. The molecular weight excluding hydrogens is 260 g/mol. The van der Waals surface area contributed by atoms with Crippen molar-refractivity contribution in [3.63, 3.8) is 0 Å². The number of nitrogens with zero attached hydrogens (tertiary/aromatic N) is 2. The molecule has 0 bridgehead atoms. The first-order valence-electron chi connectivity index (χ1n) is 5.62. The Morgan fingerprint density at radius 2 is 2.06 bits per heavy atom. The van der Waals surface area contributed by atoms with Crippen LogP contribution in [-0.4, -0.2) is 30.8 Å². The van der Waals surface area contributed by atoms with Gasteiger partial charge in [-0.25, -0.2) is 13.4 Å². The van der Waals surface area contributed by atoms with Crippen LogP contribution in [0.15, 0.2) is 23.2 Å². The van der Waals surface area contributed by atoms with Crippen molar-refractivity contribution in [2.45, 2.75) is 24.7 Å². The fourth-order valence-corrected chi connectivity index (χ4v) is 3.83. The average molecular weight is 275 g/mol. The van der Waals surface area contributed by atoms with Crippen molar-refractivity contribution in [3.8, 4) is 0 Å². The molecular formula is C11H15ClN2O2S. The fourth-order valence-electron chi connectivity index (χ4n) is 1.93. The summed E-state index contributed by atoms with van der Waals surface area (Å²) in [4.78, 5) is 3.92. The second kappa shape index (κ2) is 4.92. The van der Waals surface area contributed by atoms with Crippen molar-refractivity contribution in [2.75, 3.05) is 13.1 Å². The lowest BCUT2D eigenvalue weighted by Gasteiger charge is -2.29. The molecule has 1 aliphatic heterocycles. The summed E-state index contributed by atoms with van der Waals surface area (Å²) in [6, 6.07) is 3.09. The highest BCUT2D eigenvalue weighted by Gasteiger charge is 2.29. The molecule has 0 amide bonds. The Balaban J connectivity index is 2.28. The van der Waals surface area contributed by atoms with E-state index < -0.39 is 10.0 Å². The average Bonchev–Trinajstić information content (AvgIpc) is 2.30. The summed E-state index contributed by atoms with van der Waals surface area (Å²) in [5, 5.41) is 0.0473. The maximum absolute atomic E-state index is 12.3. The Morgan fingerprint density at radius 1 is 1.41 bits per heavy atom. The molecule has 0 atom stereocenters. The highest BCUT2D eigenvalue weighted by molar-refractivity contribution is 7.89. The molecule has 0 aliphatic carbocycles. The first kappa shape index (κ1) is 12.8. The van der Waals surface area contributed by atoms with E-state index in [1.54, 1.807) is 6.07 Å². The zero-order valence-electron chi connectivity index (χ0n) is 9.63. The van der Waals surface area contributed by atoms with Gasteiger partial charge < -0.3 is 0 Å². The summed E-state index contributed by atoms with van der Waals surface area (Å²) in [5.74, 6) is 0.589. The SMILES string of the molecule is CC1CCN(S(=O)(=O)c2cccnc2Cl)CC1. The highest BCUT2D eigenvalue weighted by atomic mass is 35.5. The van der Waals surface area contributed by atoms with Crippen LogP contribution in [0, 0.1) is 5.92 Å². The number of sulfonamides is 1. The number of rotatable bonds is 2. The summed E-state index contributed by atoms with van der Waals surface area (Å²) in [6.07, 6.45) is 3.29. The molecule has 1 aromatic rings. The number of pyridine rings is 1. The van der Waals surface area contributed by atoms with Crippen molar-refractivity contribution >= 4 is 21.6 Å². The van der Waals surface area contributed by atoms with E-state index >= 15 is 0 Å². The molecule has 1 saturated heterocycles. The first-order valence-corrected chi connectivity index (χ1v) is 7.44. The van der Waals surface area contributed by atoms with Gasteiger partial charge in [-0.15, -0.1) is 0 Å². The normalized spacial score (nSPS) is 19.4. The molecule has 0 spiro atoms. The number of piperidine rings is 1. The smallest absolute Gasteiger partial charge is 0.243 e. The Kier molecular flexibility index (Phi) is 3.70. The summed E-state index contributed by atoms with van der Waals surface area (Å²) in [6.45, 7) is 3.27. The van der Waals surface area contributed by atoms with E-state index in [1.807, 2.05) is 0 Å². The van der Waals surface area contributed by atoms with Crippen LogP contribution in [-0.2, 0) is 10.0 Å². The summed E-state index contributed by atoms with van der Waals surface area (Å²) in [7, 11) is -3.48. The monoisotopic (exact) mass is 274 g/mol. The van der Waals surface area contributed by atoms with Gasteiger partial charge in [-0.1, -0.05) is 18.5 Å². The first-order chi connectivity index (χ1) is 8.01. The number of halogens is 1. The van der Waals surface area contributed by atoms with E-state index in [0.717, 1.165) is 12.8 Å². The Labute approximate surface area is 107 Å². The predicted molar refractivity (Wildman–Crippen MR) is 66.4 cm³/mol. The van der Waals surface area contributed by atoms with E-state index in [0.29, 0.717) is 19.0 Å². The third-order valence-electron chi connectivity index (χ3n) is 3.09. The lowest BCUT2D eigenvalue weighted by atomic mass is 10.0. The molecule has 0 N–H and O–H groups in total. The summed E-state index contributed by atoms with van der Waals surface area (Å²) < 4.78 is 26.1. The lowest BCUT2D eigenvalue weighted by Crippen LogP contribution is -2.38. The minimum atomic E-state index is -3.48. The van der Waals surface area contributed by atoms with Gasteiger partial charge in [-0.05, 0) is 30.9 Å². The van der Waals surface area contributed by atoms with Crippen molar-refractivity contribution < 1.29 is 8.42 Å². The van der Waals surface area contributed by atoms with Gasteiger partial charge in [-0.2, -0.15) is 4.31 Å². The fraction of sp³-hybridized carbons (Fsp3) is 0.545. The largest absolute Gasteiger partial charge is 0.246 e. The minimum Gasteiger partial charge on any atom is -0.243 e. The molecule has 2 rings (SSSR count). The third kappa shape index (κ3) is 2.61. The van der Waals surface area contributed by atoms with Gasteiger partial charge in [0, 0.05) is 19.3 Å². The number of hydrogen-bond donors (Lipinski definition) is 0. The molecule has 0 saturated carbocycles. The third-order valence-corrected chi connectivity index (χ3v) is 5.43. The molecule has 0 aromatic carbocycles. The van der Waals surface area contributed by atoms with Crippen LogP contribution in [0.5, 0.6) is 0 Å². The lowest BCUT2D eigenvalue weighted by molar-refractivity contribution is 0.288. The van der Waals surface area contributed by atoms with Gasteiger partial charge in [0.2, 0.25) is 10.0 Å². The second-order valence-electron chi connectivity index (χ2n) is 4.38. The maximum atomic E-state index is 12.3. The molecule has 6 heteroatoms. The van der Waals surface area contributed by atoms with Gasteiger partial charge in [0.1, 0.15) is 10.0 Å². The predicted octanol–water partition coefficient (Wildman–Crippen LogP) is 2.16. The van der Waals surface area contributed by atoms with Crippen LogP contribution >= 0.6 is 11.6 Å². The van der Waals surface area contributed by atoms with Gasteiger partial charge in [0.15, 0.2) is 0 Å². The number of hydrogen-bond acceptors (Lipinski definition) is 3. The molecule has 1 aromatic heterocycles. The minimum absolute atomic E-state index is 0.0473. The molecule has 0 unspecified atom stereocenters. The van der Waals surface area contributed by atoms with E-state index in [4.69, 9.17) is 11.6 Å². The molecule has 1 fully saturated rings. The van der Waals surface area contributed by atoms with E-state index in [-0.39, 0.29) is 10.0 Å². The molecule has 17 heavy (non-hydrogen) atoms. The van der Waals surface area contributed by atoms with Gasteiger partial charge in [0.25, 0.3) is 0 Å². The van der Waals surface area contributed by atoms with E-state index in [9.17, 15) is 8.42 Å². The zero-order chi connectivity index (χ0) is 12.5. The van der Waals surface area contributed by atoms with Crippen molar-refractivity contribution in [3.05, 3.63) is 23.5 Å². The van der Waals surface area contributed by atoms with Crippen molar-refractivity contribution in [2.24, 2.45) is 5.92 Å². The summed E-state index contributed by atoms with van der Waals surface area (Å²) in [5.41, 5.74) is 0. The maximum Gasteiger partial charge on any atom is 0.246 e. The quantitative estimate of drug-likeness (QED) is 0.777. The van der Waals surface area contributed by atoms with Crippen LogP contribution in [0.2, 0.25) is 5.15 Å². The van der Waals surface area contributed by atoms with Crippen LogP contribution in [0.4, 0.5) is 0 Å². The number of aromatic nitrogens is 1. The van der Waals surface area contributed by atoms with Crippen molar-refractivity contribution in [1.29, 1.82) is 0 Å². The molecule has 94 valence electrons. The van der Waals surface area contributed by atoms with E-state index in [1.165, 1.54) is 16.6 Å². The Hall–Kier alpha value is -0.650. The standard InChI is InChI=1S/C11H15ClN2O2S/c1-9-4-7-14(8-5-9)17(15,16)10-3-2-6-13-11(10)12/h2-3,6,9H,4-5,7-8H2,1H3. The van der Waals surface area contributed by atoms with Crippen LogP contribution < -0.4 is 0 Å². The topological polar surface area (TPSA) is 50.3 Å². The second-order valence-corrected chi connectivity index (χ2v) is 6.64. The van der Waals surface area contributed by atoms with Gasteiger partial charge in [-0.3, -0.25) is 0 Å². The van der Waals surface area contributed by atoms with Gasteiger partial charge in [0.05, 0.1) is 0 Å². The molecule has 1 aliphatic rings. The molecule has 4 nitrogen and oxygen atoms in total. The zero-order valence-corrected chi connectivity index (χ0v) is 11.2. The van der Waals surface area contributed by atoms with E-state index in [2.05, 4.69) is 11.9 Å². The van der Waals surface area contributed by atoms with Crippen LogP contribution in [0.1, 0.15) is 19.8 Å². The van der Waals surface area contributed by atoms with Gasteiger partial charge >= 0.3 is 0 Å².